The van der Waals surface area contributed by atoms with Crippen LogP contribution in [0.3, 0.4) is 0 Å². The summed E-state index contributed by atoms with van der Waals surface area (Å²) in [6.07, 6.45) is 0.835. The molecule has 1 aliphatic heterocycles. The number of fused-ring (bicyclic) bond motifs is 1. The number of aliphatic hydroxyl groups is 1. The molecule has 5 heteroatoms. The molecule has 0 aromatic heterocycles. The second kappa shape index (κ2) is 5.92. The number of halogens is 2. The molecule has 0 atom stereocenters. The largest absolute Gasteiger partial charge is 0.493 e. The summed E-state index contributed by atoms with van der Waals surface area (Å²) < 4.78 is 24.4. The Morgan fingerprint density at radius 2 is 2.10 bits per heavy atom. The van der Waals surface area contributed by atoms with Crippen molar-refractivity contribution in [2.24, 2.45) is 0 Å². The Bertz CT molecular complexity index is 673. The molecule has 0 aliphatic carbocycles. The van der Waals surface area contributed by atoms with Crippen molar-refractivity contribution in [2.75, 3.05) is 6.61 Å². The molecule has 0 bridgehead atoms. The third-order valence-electron chi connectivity index (χ3n) is 3.40. The molecule has 0 fully saturated rings. The lowest BCUT2D eigenvalue weighted by Crippen LogP contribution is -2.01. The van der Waals surface area contributed by atoms with Gasteiger partial charge in [0.15, 0.2) is 0 Å². The van der Waals surface area contributed by atoms with Crippen molar-refractivity contribution in [1.82, 2.24) is 0 Å². The molecule has 0 radical (unpaired) electrons. The SMILES string of the molecule is OCc1cc(F)ccc1OCc1cc(Cl)cc2c1OCC2. The Morgan fingerprint density at radius 1 is 1.24 bits per heavy atom. The topological polar surface area (TPSA) is 38.7 Å². The molecule has 0 amide bonds. The van der Waals surface area contributed by atoms with Crippen molar-refractivity contribution < 1.29 is 19.0 Å². The highest BCUT2D eigenvalue weighted by molar-refractivity contribution is 6.30. The maximum Gasteiger partial charge on any atom is 0.129 e. The van der Waals surface area contributed by atoms with Crippen LogP contribution in [-0.4, -0.2) is 11.7 Å². The predicted octanol–water partition coefficient (Wildman–Crippen LogP) is 3.49. The van der Waals surface area contributed by atoms with Gasteiger partial charge in [-0.2, -0.15) is 0 Å². The molecule has 0 spiro atoms. The Kier molecular flexibility index (Phi) is 3.99. The predicted molar refractivity (Wildman–Crippen MR) is 77.3 cm³/mol. The van der Waals surface area contributed by atoms with E-state index >= 15 is 0 Å². The van der Waals surface area contributed by atoms with Gasteiger partial charge < -0.3 is 14.6 Å². The van der Waals surface area contributed by atoms with Crippen LogP contribution in [0.5, 0.6) is 11.5 Å². The molecule has 1 aliphatic rings. The highest BCUT2D eigenvalue weighted by Gasteiger charge is 2.18. The number of ether oxygens (including phenoxy) is 2. The smallest absolute Gasteiger partial charge is 0.129 e. The van der Waals surface area contributed by atoms with Gasteiger partial charge in [-0.05, 0) is 35.9 Å². The lowest BCUT2D eigenvalue weighted by atomic mass is 10.1. The zero-order valence-corrected chi connectivity index (χ0v) is 12.0. The van der Waals surface area contributed by atoms with Gasteiger partial charge in [0, 0.05) is 22.6 Å². The van der Waals surface area contributed by atoms with Gasteiger partial charge in [0.25, 0.3) is 0 Å². The number of aliphatic hydroxyl groups excluding tert-OH is 1. The summed E-state index contributed by atoms with van der Waals surface area (Å²) in [5.74, 6) is 0.857. The average Bonchev–Trinajstić information content (AvgIpc) is 2.93. The first-order valence-electron chi connectivity index (χ1n) is 6.63. The van der Waals surface area contributed by atoms with E-state index in [1.54, 1.807) is 6.07 Å². The average molecular weight is 309 g/mol. The van der Waals surface area contributed by atoms with Gasteiger partial charge in [-0.15, -0.1) is 0 Å². The van der Waals surface area contributed by atoms with E-state index in [2.05, 4.69) is 0 Å². The van der Waals surface area contributed by atoms with E-state index in [0.29, 0.717) is 22.9 Å². The van der Waals surface area contributed by atoms with E-state index in [1.165, 1.54) is 18.2 Å². The Hall–Kier alpha value is -1.78. The molecule has 21 heavy (non-hydrogen) atoms. The lowest BCUT2D eigenvalue weighted by Gasteiger charge is -2.13. The first-order valence-corrected chi connectivity index (χ1v) is 7.01. The van der Waals surface area contributed by atoms with Gasteiger partial charge in [-0.25, -0.2) is 4.39 Å². The number of benzene rings is 2. The molecule has 0 saturated carbocycles. The molecule has 3 nitrogen and oxygen atoms in total. The summed E-state index contributed by atoms with van der Waals surface area (Å²) in [6, 6.07) is 7.76. The molecular formula is C16H14ClFO3. The van der Waals surface area contributed by atoms with Crippen molar-refractivity contribution in [3.8, 4) is 11.5 Å². The fraction of sp³-hybridized carbons (Fsp3) is 0.250. The van der Waals surface area contributed by atoms with E-state index in [0.717, 1.165) is 23.3 Å². The van der Waals surface area contributed by atoms with Crippen LogP contribution in [0.25, 0.3) is 0 Å². The van der Waals surface area contributed by atoms with Gasteiger partial charge in [0.2, 0.25) is 0 Å². The summed E-state index contributed by atoms with van der Waals surface area (Å²) in [4.78, 5) is 0. The molecule has 2 aromatic carbocycles. The van der Waals surface area contributed by atoms with Crippen molar-refractivity contribution >= 4 is 11.6 Å². The van der Waals surface area contributed by atoms with Crippen molar-refractivity contribution in [3.05, 3.63) is 57.9 Å². The Labute approximate surface area is 126 Å². The molecule has 2 aromatic rings. The van der Waals surface area contributed by atoms with Crippen LogP contribution in [0.4, 0.5) is 4.39 Å². The third-order valence-corrected chi connectivity index (χ3v) is 3.62. The summed E-state index contributed by atoms with van der Waals surface area (Å²) in [5, 5.41) is 9.88. The second-order valence-corrected chi connectivity index (χ2v) is 5.29. The first kappa shape index (κ1) is 14.2. The molecule has 0 unspecified atom stereocenters. The normalized spacial score (nSPS) is 12.9. The molecule has 0 saturated heterocycles. The van der Waals surface area contributed by atoms with Gasteiger partial charge in [0.1, 0.15) is 23.9 Å². The highest BCUT2D eigenvalue weighted by atomic mass is 35.5. The van der Waals surface area contributed by atoms with E-state index in [-0.39, 0.29) is 13.2 Å². The first-order chi connectivity index (χ1) is 10.2. The van der Waals surface area contributed by atoms with Gasteiger partial charge in [-0.3, -0.25) is 0 Å². The van der Waals surface area contributed by atoms with E-state index in [1.807, 2.05) is 6.07 Å². The van der Waals surface area contributed by atoms with Crippen LogP contribution < -0.4 is 9.47 Å². The standard InChI is InChI=1S/C16H14ClFO3/c17-13-5-10-3-4-20-16(10)12(6-13)9-21-15-2-1-14(18)7-11(15)8-19/h1-2,5-7,19H,3-4,8-9H2. The molecule has 110 valence electrons. The summed E-state index contributed by atoms with van der Waals surface area (Å²) in [5.41, 5.74) is 2.33. The number of hydrogen-bond donors (Lipinski definition) is 1. The van der Waals surface area contributed by atoms with Gasteiger partial charge in [0.05, 0.1) is 13.2 Å². The minimum absolute atomic E-state index is 0.252. The molecule has 3 rings (SSSR count). The van der Waals surface area contributed by atoms with Crippen LogP contribution in [-0.2, 0) is 19.6 Å². The van der Waals surface area contributed by atoms with Gasteiger partial charge in [-0.1, -0.05) is 11.6 Å². The van der Waals surface area contributed by atoms with E-state index < -0.39 is 5.82 Å². The van der Waals surface area contributed by atoms with E-state index in [4.69, 9.17) is 21.1 Å². The third kappa shape index (κ3) is 2.96. The molecule has 1 N–H and O–H groups in total. The summed E-state index contributed by atoms with van der Waals surface area (Å²) >= 11 is 6.09. The minimum atomic E-state index is -0.404. The minimum Gasteiger partial charge on any atom is -0.493 e. The van der Waals surface area contributed by atoms with Gasteiger partial charge >= 0.3 is 0 Å². The zero-order chi connectivity index (χ0) is 14.8. The van der Waals surface area contributed by atoms with Crippen LogP contribution in [0.2, 0.25) is 5.02 Å². The van der Waals surface area contributed by atoms with Crippen molar-refractivity contribution in [3.63, 3.8) is 0 Å². The van der Waals surface area contributed by atoms with Crippen LogP contribution in [0.1, 0.15) is 16.7 Å². The maximum absolute atomic E-state index is 13.1. The highest BCUT2D eigenvalue weighted by Crippen LogP contribution is 2.33. The van der Waals surface area contributed by atoms with E-state index in [9.17, 15) is 9.50 Å². The monoisotopic (exact) mass is 308 g/mol. The van der Waals surface area contributed by atoms with Crippen LogP contribution >= 0.6 is 11.6 Å². The second-order valence-electron chi connectivity index (χ2n) is 4.85. The number of rotatable bonds is 4. The van der Waals surface area contributed by atoms with Crippen molar-refractivity contribution in [1.29, 1.82) is 0 Å². The Balaban J connectivity index is 1.83. The molecule has 1 heterocycles. The fourth-order valence-electron chi connectivity index (χ4n) is 2.42. The lowest BCUT2D eigenvalue weighted by molar-refractivity contribution is 0.255. The summed E-state index contributed by atoms with van der Waals surface area (Å²) in [6.45, 7) is 0.611. The van der Waals surface area contributed by atoms with Crippen LogP contribution in [0, 0.1) is 5.82 Å². The van der Waals surface area contributed by atoms with Crippen LogP contribution in [0.15, 0.2) is 30.3 Å². The quantitative estimate of drug-likeness (QED) is 0.939. The zero-order valence-electron chi connectivity index (χ0n) is 11.2. The summed E-state index contributed by atoms with van der Waals surface area (Å²) in [7, 11) is 0. The maximum atomic E-state index is 13.1. The molecular weight excluding hydrogens is 295 g/mol. The van der Waals surface area contributed by atoms with Crippen molar-refractivity contribution in [2.45, 2.75) is 19.6 Å². The number of hydrogen-bond acceptors (Lipinski definition) is 3. The fourth-order valence-corrected chi connectivity index (χ4v) is 2.68. The Morgan fingerprint density at radius 3 is 2.90 bits per heavy atom.